The van der Waals surface area contributed by atoms with Crippen LogP contribution in [0.25, 0.3) is 20.5 Å². The van der Waals surface area contributed by atoms with Crippen molar-refractivity contribution in [3.8, 4) is 50.3 Å². The van der Waals surface area contributed by atoms with Crippen molar-refractivity contribution in [2.45, 2.75) is 63.2 Å². The molecule has 7 rings (SSSR count). The van der Waals surface area contributed by atoms with Gasteiger partial charge in [0.15, 0.2) is 0 Å². The van der Waals surface area contributed by atoms with Crippen LogP contribution < -0.4 is 28.4 Å². The molecule has 0 atom stereocenters. The Morgan fingerprint density at radius 2 is 0.971 bits per heavy atom. The Hall–Kier alpha value is -7.42. The van der Waals surface area contributed by atoms with E-state index in [1.54, 1.807) is 60.7 Å². The minimum absolute atomic E-state index is 0.294. The lowest BCUT2D eigenvalue weighted by atomic mass is 9.82. The Balaban J connectivity index is 0.969. The van der Waals surface area contributed by atoms with Crippen LogP contribution >= 0.6 is 23.1 Å². The molecule has 0 saturated heterocycles. The highest BCUT2D eigenvalue weighted by atomic mass is 32.2. The summed E-state index contributed by atoms with van der Waals surface area (Å²) < 4.78 is 44.4. The second-order valence-corrected chi connectivity index (χ2v) is 18.0. The van der Waals surface area contributed by atoms with Gasteiger partial charge in [-0.05, 0) is 154 Å². The zero-order valence-electron chi connectivity index (χ0n) is 37.5. The monoisotopic (exact) mass is 973 g/mol. The molecule has 0 radical (unpaired) electrons. The third-order valence-corrected chi connectivity index (χ3v) is 13.7. The van der Waals surface area contributed by atoms with E-state index in [0.29, 0.717) is 95.9 Å². The van der Waals surface area contributed by atoms with E-state index in [9.17, 15) is 34.0 Å². The maximum Gasteiger partial charge on any atom is 0.333 e. The van der Waals surface area contributed by atoms with Crippen molar-refractivity contribution in [1.82, 2.24) is 0 Å². The highest BCUT2D eigenvalue weighted by Gasteiger charge is 2.35. The van der Waals surface area contributed by atoms with E-state index in [1.165, 1.54) is 11.3 Å². The van der Waals surface area contributed by atoms with E-state index in [4.69, 9.17) is 37.9 Å². The van der Waals surface area contributed by atoms with Crippen LogP contribution in [0.1, 0.15) is 56.9 Å². The number of ether oxygens (including phenoxy) is 8. The number of thioether (sulfide) groups is 1. The van der Waals surface area contributed by atoms with E-state index in [1.807, 2.05) is 31.2 Å². The van der Waals surface area contributed by atoms with Crippen molar-refractivity contribution in [3.05, 3.63) is 116 Å². The third kappa shape index (κ3) is 13.0. The van der Waals surface area contributed by atoms with Crippen LogP contribution in [0, 0.1) is 41.3 Å². The lowest BCUT2D eigenvalue weighted by Crippen LogP contribution is -2.30. The molecule has 17 heteroatoms. The molecular formula is C52H47NO14S2. The van der Waals surface area contributed by atoms with Crippen molar-refractivity contribution < 1.29 is 66.7 Å². The average molecular weight is 974 g/mol. The molecule has 0 spiro atoms. The van der Waals surface area contributed by atoms with Crippen LogP contribution in [-0.2, 0) is 38.2 Å². The number of hydrogen-bond donors (Lipinski definition) is 0. The summed E-state index contributed by atoms with van der Waals surface area (Å²) in [5.74, 6) is -2.57. The maximum atomic E-state index is 13.8. The standard InChI is InChI=1S/C52H47NO14S2/c1-4-44(54)62-29-60-37-16-20-39(21-17-37)64-49(56)33-6-10-35(11-7-33)51(58)66-42-26-27-43(48-46(42)31(3)47(69-48)32-14-24-41(25-15-32)68-28-53)67-52(59)36-12-8-34(9-13-36)50(57)65-40-22-18-38(19-23-40)61-30-63-45(55)5-2/h4-5,14-27,33-36H,1-2,6-13,29-30H2,3H3. The molecule has 2 saturated carbocycles. The second-order valence-electron chi connectivity index (χ2n) is 16.1. The number of benzene rings is 4. The molecule has 2 aliphatic carbocycles. The number of nitrogens with zero attached hydrogens (tertiary/aromatic N) is 1. The van der Waals surface area contributed by atoms with Gasteiger partial charge in [-0.25, -0.2) is 9.59 Å². The number of carbonyl (C=O) groups is 6. The lowest BCUT2D eigenvalue weighted by Gasteiger charge is -2.26. The second kappa shape index (κ2) is 23.5. The molecule has 1 heterocycles. The molecule has 0 unspecified atom stereocenters. The molecule has 5 aromatic rings. The van der Waals surface area contributed by atoms with Gasteiger partial charge in [0, 0.05) is 27.3 Å². The number of aryl methyl sites for hydroxylation is 1. The minimum atomic E-state index is -0.615. The summed E-state index contributed by atoms with van der Waals surface area (Å²) in [6, 6.07) is 23.4. The van der Waals surface area contributed by atoms with Gasteiger partial charge in [-0.15, -0.1) is 11.3 Å². The van der Waals surface area contributed by atoms with E-state index in [-0.39, 0.29) is 13.6 Å². The maximum absolute atomic E-state index is 13.8. The lowest BCUT2D eigenvalue weighted by molar-refractivity contribution is -0.145. The molecular weight excluding hydrogens is 927 g/mol. The fourth-order valence-electron chi connectivity index (χ4n) is 8.01. The molecule has 0 N–H and O–H groups in total. The van der Waals surface area contributed by atoms with Gasteiger partial charge in [0.1, 0.15) is 39.9 Å². The summed E-state index contributed by atoms with van der Waals surface area (Å²) in [6.45, 7) is 7.98. The fourth-order valence-corrected chi connectivity index (χ4v) is 9.67. The Morgan fingerprint density at radius 1 is 0.580 bits per heavy atom. The number of thiophene rings is 1. The van der Waals surface area contributed by atoms with Crippen LogP contribution in [0.2, 0.25) is 0 Å². The number of carbonyl (C=O) groups excluding carboxylic acids is 6. The summed E-state index contributed by atoms with van der Waals surface area (Å²) in [4.78, 5) is 77.9. The molecule has 69 heavy (non-hydrogen) atoms. The molecule has 356 valence electrons. The van der Waals surface area contributed by atoms with Crippen molar-refractivity contribution in [3.63, 3.8) is 0 Å². The highest BCUT2D eigenvalue weighted by Crippen LogP contribution is 2.47. The van der Waals surface area contributed by atoms with Gasteiger partial charge < -0.3 is 37.9 Å². The van der Waals surface area contributed by atoms with Crippen LogP contribution in [-0.4, -0.2) is 49.4 Å². The smallest absolute Gasteiger partial charge is 0.333 e. The molecule has 2 aliphatic rings. The van der Waals surface area contributed by atoms with Crippen molar-refractivity contribution in [2.24, 2.45) is 23.7 Å². The van der Waals surface area contributed by atoms with E-state index >= 15 is 0 Å². The number of thiocyanates is 1. The third-order valence-electron chi connectivity index (χ3n) is 11.8. The number of fused-ring (bicyclic) bond motifs is 1. The largest absolute Gasteiger partial charge is 0.457 e. The Labute approximate surface area is 405 Å². The highest BCUT2D eigenvalue weighted by molar-refractivity contribution is 8.03. The number of rotatable bonds is 18. The van der Waals surface area contributed by atoms with Crippen LogP contribution in [0.4, 0.5) is 0 Å². The Bertz CT molecular complexity index is 2740. The predicted octanol–water partition coefficient (Wildman–Crippen LogP) is 10.2. The minimum Gasteiger partial charge on any atom is -0.457 e. The number of nitriles is 1. The number of hydrogen-bond acceptors (Lipinski definition) is 17. The molecule has 0 bridgehead atoms. The zero-order chi connectivity index (χ0) is 48.9. The quantitative estimate of drug-likeness (QED) is 0.0200. The van der Waals surface area contributed by atoms with Gasteiger partial charge >= 0.3 is 35.8 Å². The molecule has 4 aromatic carbocycles. The van der Waals surface area contributed by atoms with Gasteiger partial charge in [0.25, 0.3) is 0 Å². The Kier molecular flexibility index (Phi) is 16.9. The van der Waals surface area contributed by atoms with Crippen LogP contribution in [0.3, 0.4) is 0 Å². The summed E-state index contributed by atoms with van der Waals surface area (Å²) >= 11 is 2.45. The van der Waals surface area contributed by atoms with Crippen LogP contribution in [0.15, 0.2) is 115 Å². The van der Waals surface area contributed by atoms with Gasteiger partial charge in [-0.3, -0.25) is 19.2 Å². The number of esters is 6. The summed E-state index contributed by atoms with van der Waals surface area (Å²) in [7, 11) is 0. The molecule has 0 amide bonds. The topological polar surface area (TPSA) is 200 Å². The predicted molar refractivity (Wildman–Crippen MR) is 253 cm³/mol. The normalized spacial score (nSPS) is 17.5. The first-order valence-electron chi connectivity index (χ1n) is 22.1. The van der Waals surface area contributed by atoms with Gasteiger partial charge in [0.05, 0.1) is 28.4 Å². The van der Waals surface area contributed by atoms with Gasteiger partial charge in [0.2, 0.25) is 13.6 Å². The average Bonchev–Trinajstić information content (AvgIpc) is 3.73. The SMILES string of the molecule is C=CC(=O)OCOc1ccc(OC(=O)C2CCC(C(=O)Oc3ccc(OC(=O)C4CCC(C(=O)Oc5ccc(OCOC(=O)C=C)cc5)CC4)c4c(C)c(-c5ccc(SC#N)cc5)sc34)CC2)cc1. The molecule has 0 aliphatic heterocycles. The summed E-state index contributed by atoms with van der Waals surface area (Å²) in [6.07, 6.45) is 5.40. The summed E-state index contributed by atoms with van der Waals surface area (Å²) in [5, 5.41) is 11.9. The van der Waals surface area contributed by atoms with Gasteiger partial charge in [-0.2, -0.15) is 5.26 Å². The summed E-state index contributed by atoms with van der Waals surface area (Å²) in [5.41, 5.74) is 1.68. The Morgan fingerprint density at radius 3 is 1.39 bits per heavy atom. The van der Waals surface area contributed by atoms with Gasteiger partial charge in [-0.1, -0.05) is 25.3 Å². The van der Waals surface area contributed by atoms with E-state index in [0.717, 1.165) is 44.8 Å². The first-order valence-corrected chi connectivity index (χ1v) is 23.7. The van der Waals surface area contributed by atoms with Crippen molar-refractivity contribution >= 4 is 69.0 Å². The first-order chi connectivity index (χ1) is 33.4. The molecule has 1 aromatic heterocycles. The van der Waals surface area contributed by atoms with E-state index in [2.05, 4.69) is 18.6 Å². The zero-order valence-corrected chi connectivity index (χ0v) is 39.1. The first kappa shape index (κ1) is 49.5. The van der Waals surface area contributed by atoms with Crippen LogP contribution in [0.5, 0.6) is 34.5 Å². The van der Waals surface area contributed by atoms with Crippen molar-refractivity contribution in [1.29, 1.82) is 5.26 Å². The molecule has 2 fully saturated rings. The van der Waals surface area contributed by atoms with E-state index < -0.39 is 59.5 Å². The fraction of sp³-hybridized carbons (Fsp3) is 0.288. The molecule has 15 nitrogen and oxygen atoms in total. The van der Waals surface area contributed by atoms with Crippen molar-refractivity contribution in [2.75, 3.05) is 13.6 Å².